The number of carbonyl (C=O) groups is 3. The SMILES string of the molecule is COC(=O)NC(CC(=O)O)C(C)=O. The van der Waals surface area contributed by atoms with E-state index in [1.54, 1.807) is 0 Å². The molecule has 1 amide bonds. The third-order valence-electron chi connectivity index (χ3n) is 1.35. The van der Waals surface area contributed by atoms with Gasteiger partial charge in [0.15, 0.2) is 5.78 Å². The fraction of sp³-hybridized carbons (Fsp3) is 0.571. The van der Waals surface area contributed by atoms with Crippen molar-refractivity contribution in [2.24, 2.45) is 0 Å². The monoisotopic (exact) mass is 189 g/mol. The highest BCUT2D eigenvalue weighted by Crippen LogP contribution is 1.94. The molecule has 6 heteroatoms. The summed E-state index contributed by atoms with van der Waals surface area (Å²) in [6.07, 6.45) is -1.26. The smallest absolute Gasteiger partial charge is 0.407 e. The van der Waals surface area contributed by atoms with Gasteiger partial charge in [0.05, 0.1) is 13.5 Å². The number of nitrogens with one attached hydrogen (secondary N) is 1. The number of carboxylic acids is 1. The van der Waals surface area contributed by atoms with Gasteiger partial charge in [-0.2, -0.15) is 0 Å². The van der Waals surface area contributed by atoms with Gasteiger partial charge in [-0.3, -0.25) is 9.59 Å². The molecule has 0 fully saturated rings. The van der Waals surface area contributed by atoms with Crippen molar-refractivity contribution in [1.29, 1.82) is 0 Å². The minimum Gasteiger partial charge on any atom is -0.481 e. The van der Waals surface area contributed by atoms with Gasteiger partial charge < -0.3 is 15.2 Å². The highest BCUT2D eigenvalue weighted by Gasteiger charge is 2.20. The molecule has 2 N–H and O–H groups in total. The molecular formula is C7H11NO5. The maximum atomic E-state index is 10.8. The molecule has 0 aliphatic carbocycles. The van der Waals surface area contributed by atoms with E-state index < -0.39 is 30.3 Å². The van der Waals surface area contributed by atoms with Gasteiger partial charge in [0.25, 0.3) is 0 Å². The van der Waals surface area contributed by atoms with Crippen LogP contribution >= 0.6 is 0 Å². The molecule has 6 nitrogen and oxygen atoms in total. The van der Waals surface area contributed by atoms with Crippen LogP contribution in [0.3, 0.4) is 0 Å². The second-order valence-corrected chi connectivity index (χ2v) is 2.40. The lowest BCUT2D eigenvalue weighted by Crippen LogP contribution is -2.41. The van der Waals surface area contributed by atoms with Gasteiger partial charge in [-0.1, -0.05) is 0 Å². The summed E-state index contributed by atoms with van der Waals surface area (Å²) < 4.78 is 4.22. The minimum absolute atomic E-state index is 0.423. The fourth-order valence-electron chi connectivity index (χ4n) is 0.672. The third kappa shape index (κ3) is 4.78. The lowest BCUT2D eigenvalue weighted by atomic mass is 10.1. The van der Waals surface area contributed by atoms with Crippen molar-refractivity contribution >= 4 is 17.8 Å². The topological polar surface area (TPSA) is 92.7 Å². The molecule has 13 heavy (non-hydrogen) atoms. The summed E-state index contributed by atoms with van der Waals surface area (Å²) in [6.45, 7) is 1.20. The quantitative estimate of drug-likeness (QED) is 0.637. The molecule has 1 atom stereocenters. The van der Waals surface area contributed by atoms with Crippen LogP contribution in [-0.2, 0) is 14.3 Å². The highest BCUT2D eigenvalue weighted by molar-refractivity contribution is 5.88. The first kappa shape index (κ1) is 11.4. The largest absolute Gasteiger partial charge is 0.481 e. The number of ketones is 1. The Balaban J connectivity index is 4.18. The van der Waals surface area contributed by atoms with Gasteiger partial charge in [0.1, 0.15) is 6.04 Å². The molecule has 0 radical (unpaired) electrons. The molecule has 0 rings (SSSR count). The van der Waals surface area contributed by atoms with Gasteiger partial charge in [-0.15, -0.1) is 0 Å². The van der Waals surface area contributed by atoms with Crippen LogP contribution in [0.2, 0.25) is 0 Å². The first-order valence-corrected chi connectivity index (χ1v) is 3.54. The predicted octanol–water partition coefficient (Wildman–Crippen LogP) is -0.225. The van der Waals surface area contributed by atoms with E-state index in [4.69, 9.17) is 5.11 Å². The predicted molar refractivity (Wildman–Crippen MR) is 42.3 cm³/mol. The Morgan fingerprint density at radius 2 is 2.00 bits per heavy atom. The number of aliphatic carboxylic acids is 1. The first-order valence-electron chi connectivity index (χ1n) is 3.54. The van der Waals surface area contributed by atoms with Gasteiger partial charge in [0.2, 0.25) is 0 Å². The number of hydrogen-bond donors (Lipinski definition) is 2. The summed E-state index contributed by atoms with van der Waals surface area (Å²) in [4.78, 5) is 31.7. The maximum absolute atomic E-state index is 10.8. The zero-order chi connectivity index (χ0) is 10.4. The Morgan fingerprint density at radius 3 is 2.31 bits per heavy atom. The van der Waals surface area contributed by atoms with Gasteiger partial charge in [-0.05, 0) is 6.92 Å². The number of methoxy groups -OCH3 is 1. The summed E-state index contributed by atoms with van der Waals surface area (Å²) in [5.41, 5.74) is 0. The van der Waals surface area contributed by atoms with Crippen LogP contribution in [0, 0.1) is 0 Å². The Morgan fingerprint density at radius 1 is 1.46 bits per heavy atom. The van der Waals surface area contributed by atoms with Crippen molar-refractivity contribution in [3.63, 3.8) is 0 Å². The van der Waals surface area contributed by atoms with Crippen LogP contribution in [0.4, 0.5) is 4.79 Å². The average Bonchev–Trinajstić information content (AvgIpc) is 2.02. The molecule has 0 aliphatic rings. The van der Waals surface area contributed by atoms with Crippen molar-refractivity contribution in [2.75, 3.05) is 7.11 Å². The van der Waals surface area contributed by atoms with Crippen LogP contribution in [0.15, 0.2) is 0 Å². The number of alkyl carbamates (subject to hydrolysis) is 1. The number of hydrogen-bond acceptors (Lipinski definition) is 4. The van der Waals surface area contributed by atoms with Crippen LogP contribution in [-0.4, -0.2) is 36.1 Å². The molecule has 0 aromatic rings. The summed E-state index contributed by atoms with van der Waals surface area (Å²) >= 11 is 0. The van der Waals surface area contributed by atoms with Crippen molar-refractivity contribution in [2.45, 2.75) is 19.4 Å². The zero-order valence-electron chi connectivity index (χ0n) is 7.36. The Bertz CT molecular complexity index is 225. The molecule has 1 unspecified atom stereocenters. The Labute approximate surface area is 74.9 Å². The molecular weight excluding hydrogens is 178 g/mol. The number of amides is 1. The van der Waals surface area contributed by atoms with Gasteiger partial charge in [-0.25, -0.2) is 4.79 Å². The van der Waals surface area contributed by atoms with Crippen molar-refractivity contribution < 1.29 is 24.2 Å². The van der Waals surface area contributed by atoms with Crippen LogP contribution in [0.25, 0.3) is 0 Å². The van der Waals surface area contributed by atoms with E-state index in [1.165, 1.54) is 6.92 Å². The van der Waals surface area contributed by atoms with Crippen LogP contribution in [0.5, 0.6) is 0 Å². The van der Waals surface area contributed by atoms with Crippen molar-refractivity contribution in [1.82, 2.24) is 5.32 Å². The highest BCUT2D eigenvalue weighted by atomic mass is 16.5. The van der Waals surface area contributed by atoms with E-state index in [2.05, 4.69) is 10.1 Å². The second-order valence-electron chi connectivity index (χ2n) is 2.40. The molecule has 0 aliphatic heterocycles. The summed E-state index contributed by atoms with van der Waals surface area (Å²) in [5.74, 6) is -1.58. The number of rotatable bonds is 4. The lowest BCUT2D eigenvalue weighted by molar-refractivity contribution is -0.139. The summed E-state index contributed by atoms with van der Waals surface area (Å²) in [5, 5.41) is 10.5. The van der Waals surface area contributed by atoms with E-state index in [-0.39, 0.29) is 0 Å². The minimum atomic E-state index is -1.16. The third-order valence-corrected chi connectivity index (χ3v) is 1.35. The fourth-order valence-corrected chi connectivity index (χ4v) is 0.672. The Hall–Kier alpha value is -1.59. The van der Waals surface area contributed by atoms with Crippen LogP contribution in [0.1, 0.15) is 13.3 Å². The summed E-state index contributed by atoms with van der Waals surface area (Å²) in [7, 11) is 1.13. The molecule has 0 bridgehead atoms. The van der Waals surface area contributed by atoms with Gasteiger partial charge >= 0.3 is 12.1 Å². The molecule has 0 saturated heterocycles. The van der Waals surface area contributed by atoms with E-state index in [0.717, 1.165) is 7.11 Å². The standard InChI is InChI=1S/C7H11NO5/c1-4(9)5(3-6(10)11)8-7(12)13-2/h5H,3H2,1-2H3,(H,8,12)(H,10,11). The molecule has 0 aromatic carbocycles. The summed E-state index contributed by atoms with van der Waals surface area (Å²) in [6, 6.07) is -1.02. The number of Topliss-reactive ketones (excluding diaryl/α,β-unsaturated/α-hetero) is 1. The maximum Gasteiger partial charge on any atom is 0.407 e. The number of carbonyl (C=O) groups excluding carboxylic acids is 2. The van der Waals surface area contributed by atoms with Crippen LogP contribution < -0.4 is 5.32 Å². The van der Waals surface area contributed by atoms with E-state index >= 15 is 0 Å². The van der Waals surface area contributed by atoms with E-state index in [0.29, 0.717) is 0 Å². The molecule has 0 heterocycles. The van der Waals surface area contributed by atoms with Crippen molar-refractivity contribution in [3.05, 3.63) is 0 Å². The van der Waals surface area contributed by atoms with E-state index in [1.807, 2.05) is 0 Å². The zero-order valence-corrected chi connectivity index (χ0v) is 7.36. The van der Waals surface area contributed by atoms with Gasteiger partial charge in [0, 0.05) is 0 Å². The molecule has 0 spiro atoms. The molecule has 0 aromatic heterocycles. The normalized spacial score (nSPS) is 11.5. The molecule has 0 saturated carbocycles. The number of ether oxygens (including phenoxy) is 1. The lowest BCUT2D eigenvalue weighted by Gasteiger charge is -2.11. The van der Waals surface area contributed by atoms with Crippen molar-refractivity contribution in [3.8, 4) is 0 Å². The molecule has 74 valence electrons. The Kier molecular flexibility index (Phi) is 4.50. The number of carboxylic acid groups (broad SMARTS) is 1. The second kappa shape index (κ2) is 5.13. The van der Waals surface area contributed by atoms with E-state index in [9.17, 15) is 14.4 Å². The first-order chi connectivity index (χ1) is 5.97. The average molecular weight is 189 g/mol.